The topological polar surface area (TPSA) is 72.4 Å². The summed E-state index contributed by atoms with van der Waals surface area (Å²) in [7, 11) is 6.42. The van der Waals surface area contributed by atoms with Crippen molar-refractivity contribution in [3.8, 4) is 11.5 Å². The van der Waals surface area contributed by atoms with Gasteiger partial charge in [0.2, 0.25) is 0 Å². The van der Waals surface area contributed by atoms with E-state index in [4.69, 9.17) is 14.2 Å². The van der Waals surface area contributed by atoms with Crippen molar-refractivity contribution in [3.05, 3.63) is 35.5 Å². The number of nitrogens with zero attached hydrogens (tertiary/aromatic N) is 2. The molecule has 1 aliphatic rings. The highest BCUT2D eigenvalue weighted by atomic mass is 16.5. The lowest BCUT2D eigenvalue weighted by Gasteiger charge is -2.25. The number of benzene rings is 1. The van der Waals surface area contributed by atoms with Crippen LogP contribution in [0.4, 0.5) is 0 Å². The summed E-state index contributed by atoms with van der Waals surface area (Å²) in [4.78, 5) is 17.6. The van der Waals surface area contributed by atoms with Crippen molar-refractivity contribution in [2.45, 2.75) is 6.54 Å². The second kappa shape index (κ2) is 7.53. The van der Waals surface area contributed by atoms with E-state index in [0.717, 1.165) is 5.56 Å². The summed E-state index contributed by atoms with van der Waals surface area (Å²) in [6.45, 7) is 1.02. The normalized spacial score (nSPS) is 13.8. The van der Waals surface area contributed by atoms with E-state index in [1.807, 2.05) is 30.1 Å². The molecule has 7 nitrogen and oxygen atoms in total. The Morgan fingerprint density at radius 2 is 2.00 bits per heavy atom. The van der Waals surface area contributed by atoms with Gasteiger partial charge in [-0.2, -0.15) is 0 Å². The predicted molar refractivity (Wildman–Crippen MR) is 86.5 cm³/mol. The van der Waals surface area contributed by atoms with E-state index < -0.39 is 0 Å². The fraction of sp³-hybridized carbons (Fsp3) is 0.375. The van der Waals surface area contributed by atoms with E-state index in [1.54, 1.807) is 14.2 Å². The second-order valence-electron chi connectivity index (χ2n) is 5.00. The molecule has 0 unspecified atom stereocenters. The number of nitrogens with one attached hydrogen (secondary N) is 1. The van der Waals surface area contributed by atoms with Crippen molar-refractivity contribution in [2.75, 3.05) is 34.9 Å². The molecule has 0 saturated carbocycles. The first kappa shape index (κ1) is 16.7. The number of likely N-dealkylation sites (N-methyl/N-ethyl adjacent to an activating group) is 1. The lowest BCUT2D eigenvalue weighted by Crippen LogP contribution is -2.42. The summed E-state index contributed by atoms with van der Waals surface area (Å²) >= 11 is 0. The zero-order chi connectivity index (χ0) is 16.8. The van der Waals surface area contributed by atoms with Crippen LogP contribution in [0.25, 0.3) is 0 Å². The summed E-state index contributed by atoms with van der Waals surface area (Å²) in [6.07, 6.45) is 1.53. The van der Waals surface area contributed by atoms with Gasteiger partial charge < -0.3 is 24.4 Å². The molecule has 0 aliphatic carbocycles. The third-order valence-corrected chi connectivity index (χ3v) is 3.46. The maximum Gasteiger partial charge on any atom is 0.337 e. The number of carbonyl (C=O) groups is 1. The monoisotopic (exact) mass is 319 g/mol. The van der Waals surface area contributed by atoms with Crippen LogP contribution in [0, 0.1) is 0 Å². The van der Waals surface area contributed by atoms with Gasteiger partial charge in [-0.25, -0.2) is 9.79 Å². The van der Waals surface area contributed by atoms with Crippen LogP contribution in [-0.2, 0) is 16.1 Å². The smallest absolute Gasteiger partial charge is 0.337 e. The Morgan fingerprint density at radius 1 is 1.26 bits per heavy atom. The summed E-state index contributed by atoms with van der Waals surface area (Å²) in [6, 6.07) is 5.72. The van der Waals surface area contributed by atoms with Crippen LogP contribution in [0.15, 0.2) is 35.0 Å². The molecule has 0 aromatic heterocycles. The van der Waals surface area contributed by atoms with Crippen LogP contribution in [0.1, 0.15) is 5.56 Å². The lowest BCUT2D eigenvalue weighted by atomic mass is 10.2. The van der Waals surface area contributed by atoms with E-state index >= 15 is 0 Å². The highest BCUT2D eigenvalue weighted by Gasteiger charge is 2.18. The molecule has 23 heavy (non-hydrogen) atoms. The maximum atomic E-state index is 11.5. The molecule has 2 rings (SSSR count). The Hall–Kier alpha value is -2.70. The van der Waals surface area contributed by atoms with Crippen LogP contribution in [-0.4, -0.2) is 51.8 Å². The number of aliphatic imine (C=N–C) groups is 1. The quantitative estimate of drug-likeness (QED) is 0.821. The molecule has 1 aliphatic heterocycles. The Kier molecular flexibility index (Phi) is 5.46. The highest BCUT2D eigenvalue weighted by molar-refractivity contribution is 5.92. The van der Waals surface area contributed by atoms with Crippen molar-refractivity contribution >= 4 is 11.9 Å². The van der Waals surface area contributed by atoms with E-state index in [9.17, 15) is 4.79 Å². The molecule has 1 N–H and O–H groups in total. The molecule has 7 heteroatoms. The Balaban J connectivity index is 2.05. The number of methoxy groups -OCH3 is 3. The standard InChI is InChI=1S/C16H21N3O4/c1-19-10-12(15(20)23-4)9-18-16(19)17-8-11-5-6-13(21-2)14(7-11)22-3/h5-7,9H,8,10H2,1-4H3,(H,17,18). The molecule has 124 valence electrons. The van der Waals surface area contributed by atoms with Gasteiger partial charge in [0, 0.05) is 19.8 Å². The van der Waals surface area contributed by atoms with Crippen molar-refractivity contribution < 1.29 is 19.0 Å². The van der Waals surface area contributed by atoms with Crippen molar-refractivity contribution in [2.24, 2.45) is 4.99 Å². The largest absolute Gasteiger partial charge is 0.493 e. The zero-order valence-electron chi connectivity index (χ0n) is 13.8. The third kappa shape index (κ3) is 3.94. The van der Waals surface area contributed by atoms with Crippen LogP contribution < -0.4 is 14.8 Å². The molecular weight excluding hydrogens is 298 g/mol. The molecule has 0 radical (unpaired) electrons. The molecule has 0 spiro atoms. The second-order valence-corrected chi connectivity index (χ2v) is 5.00. The van der Waals surface area contributed by atoms with Gasteiger partial charge in [0.1, 0.15) is 0 Å². The van der Waals surface area contributed by atoms with Crippen LogP contribution in [0.2, 0.25) is 0 Å². The highest BCUT2D eigenvalue weighted by Crippen LogP contribution is 2.27. The van der Waals surface area contributed by atoms with Gasteiger partial charge in [-0.1, -0.05) is 6.07 Å². The fourth-order valence-corrected chi connectivity index (χ4v) is 2.21. The SMILES string of the molecule is COC(=O)C1=CN=C(NCc2ccc(OC)c(OC)c2)N(C)C1. The summed E-state index contributed by atoms with van der Waals surface area (Å²) in [5.41, 5.74) is 1.55. The summed E-state index contributed by atoms with van der Waals surface area (Å²) in [5, 5.41) is 3.24. The predicted octanol–water partition coefficient (Wildman–Crippen LogP) is 1.15. The minimum atomic E-state index is -0.362. The van der Waals surface area contributed by atoms with Gasteiger partial charge >= 0.3 is 5.97 Å². The van der Waals surface area contributed by atoms with E-state index in [0.29, 0.717) is 36.1 Å². The minimum absolute atomic E-state index is 0.362. The van der Waals surface area contributed by atoms with Crippen LogP contribution >= 0.6 is 0 Å². The van der Waals surface area contributed by atoms with Gasteiger partial charge in [-0.3, -0.25) is 0 Å². The Bertz CT molecular complexity index is 640. The van der Waals surface area contributed by atoms with Crippen molar-refractivity contribution in [1.29, 1.82) is 0 Å². The zero-order valence-corrected chi connectivity index (χ0v) is 13.8. The van der Waals surface area contributed by atoms with Crippen molar-refractivity contribution in [1.82, 2.24) is 10.2 Å². The number of esters is 1. The van der Waals surface area contributed by atoms with E-state index in [1.165, 1.54) is 13.3 Å². The van der Waals surface area contributed by atoms with E-state index in [-0.39, 0.29) is 5.97 Å². The van der Waals surface area contributed by atoms with Gasteiger partial charge in [0.05, 0.1) is 33.4 Å². The van der Waals surface area contributed by atoms with Gasteiger partial charge in [-0.15, -0.1) is 0 Å². The average molecular weight is 319 g/mol. The van der Waals surface area contributed by atoms with Crippen LogP contribution in [0.3, 0.4) is 0 Å². The first-order chi connectivity index (χ1) is 11.1. The Labute approximate surface area is 135 Å². The number of guanidine groups is 1. The number of rotatable bonds is 5. The van der Waals surface area contributed by atoms with Gasteiger partial charge in [-0.05, 0) is 17.7 Å². The molecule has 0 amide bonds. The first-order valence-electron chi connectivity index (χ1n) is 7.10. The first-order valence-corrected chi connectivity index (χ1v) is 7.10. The average Bonchev–Trinajstić information content (AvgIpc) is 2.59. The number of hydrogen-bond acceptors (Lipinski definition) is 7. The van der Waals surface area contributed by atoms with E-state index in [2.05, 4.69) is 10.3 Å². The number of carbonyl (C=O) groups excluding carboxylic acids is 1. The van der Waals surface area contributed by atoms with Crippen LogP contribution in [0.5, 0.6) is 11.5 Å². The maximum absolute atomic E-state index is 11.5. The van der Waals surface area contributed by atoms with Gasteiger partial charge in [0.25, 0.3) is 0 Å². The third-order valence-electron chi connectivity index (χ3n) is 3.46. The molecule has 1 aromatic carbocycles. The molecule has 1 heterocycles. The number of hydrogen-bond donors (Lipinski definition) is 1. The summed E-state index contributed by atoms with van der Waals surface area (Å²) in [5.74, 6) is 1.69. The molecule has 0 saturated heterocycles. The van der Waals surface area contributed by atoms with Crippen molar-refractivity contribution in [3.63, 3.8) is 0 Å². The fourth-order valence-electron chi connectivity index (χ4n) is 2.21. The summed E-state index contributed by atoms with van der Waals surface area (Å²) < 4.78 is 15.2. The van der Waals surface area contributed by atoms with Gasteiger partial charge in [0.15, 0.2) is 17.5 Å². The Morgan fingerprint density at radius 3 is 2.61 bits per heavy atom. The minimum Gasteiger partial charge on any atom is -0.493 e. The molecule has 0 fully saturated rings. The molecule has 0 bridgehead atoms. The lowest BCUT2D eigenvalue weighted by molar-refractivity contribution is -0.136. The molecule has 0 atom stereocenters. The number of ether oxygens (including phenoxy) is 3. The molecular formula is C16H21N3O4. The molecule has 1 aromatic rings.